The lowest BCUT2D eigenvalue weighted by atomic mass is 10.1. The van der Waals surface area contributed by atoms with Gasteiger partial charge in [0.15, 0.2) is 6.10 Å². The highest BCUT2D eigenvalue weighted by Crippen LogP contribution is 2.29. The van der Waals surface area contributed by atoms with E-state index in [0.717, 1.165) is 23.1 Å². The molecule has 0 saturated heterocycles. The molecule has 2 N–H and O–H groups in total. The average Bonchev–Trinajstić information content (AvgIpc) is 3.41. The van der Waals surface area contributed by atoms with Crippen molar-refractivity contribution in [3.63, 3.8) is 0 Å². The number of carbonyl (C=O) groups is 3. The van der Waals surface area contributed by atoms with E-state index in [2.05, 4.69) is 10.3 Å². The van der Waals surface area contributed by atoms with Gasteiger partial charge in [0.05, 0.1) is 12.1 Å². The van der Waals surface area contributed by atoms with E-state index in [9.17, 15) is 32.3 Å². The van der Waals surface area contributed by atoms with Gasteiger partial charge in [0, 0.05) is 63.2 Å². The van der Waals surface area contributed by atoms with Crippen LogP contribution in [0.15, 0.2) is 71.7 Å². The number of halogens is 3. The van der Waals surface area contributed by atoms with Crippen LogP contribution >= 0.6 is 0 Å². The van der Waals surface area contributed by atoms with Crippen LogP contribution in [0.25, 0.3) is 10.9 Å². The van der Waals surface area contributed by atoms with Gasteiger partial charge < -0.3 is 34.1 Å². The molecule has 4 aromatic rings. The molecule has 0 aliphatic carbocycles. The number of benzene rings is 2. The highest BCUT2D eigenvalue weighted by Gasteiger charge is 2.24. The molecule has 11 nitrogen and oxygen atoms in total. The smallest absolute Gasteiger partial charge is 0.410 e. The van der Waals surface area contributed by atoms with E-state index >= 15 is 0 Å². The first kappa shape index (κ1) is 34.3. The standard InChI is InChI=1S/C33H34F3N5O6/c1-39(2)29(42)10-6-5-9-27(47-33(45)40(3)4)31(43)38-26-8-7-13-41(32(26)44)18-24-15-21-14-23(35)17-28(30(21)37-24)46-19-20-11-12-22(34)16-25(20)36/h6-8,10-17,27,37H,5,9,18-19H2,1-4H3,(H,38,43)/b10-6+/t27-/m0/s1. The summed E-state index contributed by atoms with van der Waals surface area (Å²) in [6, 6.07) is 10.0. The minimum Gasteiger partial charge on any atom is -0.486 e. The van der Waals surface area contributed by atoms with Crippen molar-refractivity contribution in [2.24, 2.45) is 0 Å². The summed E-state index contributed by atoms with van der Waals surface area (Å²) in [7, 11) is 6.11. The van der Waals surface area contributed by atoms with E-state index in [0.29, 0.717) is 16.6 Å². The van der Waals surface area contributed by atoms with Crippen molar-refractivity contribution in [3.8, 4) is 5.75 Å². The Morgan fingerprint density at radius 3 is 2.47 bits per heavy atom. The van der Waals surface area contributed by atoms with Crippen molar-refractivity contribution in [1.29, 1.82) is 0 Å². The molecule has 1 atom stereocenters. The summed E-state index contributed by atoms with van der Waals surface area (Å²) in [6.45, 7) is -0.288. The summed E-state index contributed by atoms with van der Waals surface area (Å²) in [5, 5.41) is 2.96. The number of hydrogen-bond acceptors (Lipinski definition) is 6. The number of nitrogens with one attached hydrogen (secondary N) is 2. The first-order chi connectivity index (χ1) is 22.3. The Morgan fingerprint density at radius 2 is 1.77 bits per heavy atom. The van der Waals surface area contributed by atoms with Gasteiger partial charge in [0.25, 0.3) is 11.5 Å². The number of ether oxygens (including phenoxy) is 2. The molecule has 0 unspecified atom stereocenters. The number of nitrogens with zero attached hydrogens (tertiary/aromatic N) is 3. The summed E-state index contributed by atoms with van der Waals surface area (Å²) < 4.78 is 54.1. The monoisotopic (exact) mass is 653 g/mol. The van der Waals surface area contributed by atoms with Gasteiger partial charge >= 0.3 is 6.09 Å². The SMILES string of the molecule is CN(C)C(=O)/C=C/CC[C@H](OC(=O)N(C)C)C(=O)Nc1cccn(Cc2cc3cc(F)cc(OCc4ccc(F)cc4F)c3[nH]2)c1=O. The number of aromatic nitrogens is 2. The molecule has 0 bridgehead atoms. The second-order valence-electron chi connectivity index (χ2n) is 11.0. The Hall–Kier alpha value is -5.53. The van der Waals surface area contributed by atoms with E-state index in [1.165, 1.54) is 54.0 Å². The molecule has 47 heavy (non-hydrogen) atoms. The predicted molar refractivity (Wildman–Crippen MR) is 168 cm³/mol. The van der Waals surface area contributed by atoms with E-state index < -0.39 is 41.1 Å². The predicted octanol–water partition coefficient (Wildman–Crippen LogP) is 4.80. The van der Waals surface area contributed by atoms with Crippen LogP contribution in [-0.4, -0.2) is 71.6 Å². The molecule has 248 valence electrons. The maximum Gasteiger partial charge on any atom is 0.410 e. The molecule has 4 rings (SSSR count). The zero-order valence-electron chi connectivity index (χ0n) is 26.2. The van der Waals surface area contributed by atoms with Crippen LogP contribution in [-0.2, 0) is 27.5 Å². The number of allylic oxidation sites excluding steroid dienone is 1. The van der Waals surface area contributed by atoms with E-state index in [4.69, 9.17) is 9.47 Å². The number of pyridine rings is 1. The van der Waals surface area contributed by atoms with Gasteiger partial charge in [0.1, 0.15) is 35.5 Å². The quantitative estimate of drug-likeness (QED) is 0.212. The molecular formula is C33H34F3N5O6. The minimum atomic E-state index is -1.26. The fraction of sp³-hybridized carbons (Fsp3) is 0.273. The molecule has 0 aliphatic rings. The number of aromatic amines is 1. The van der Waals surface area contributed by atoms with Gasteiger partial charge in [-0.3, -0.25) is 14.4 Å². The highest BCUT2D eigenvalue weighted by molar-refractivity contribution is 5.95. The van der Waals surface area contributed by atoms with Gasteiger partial charge in [-0.05, 0) is 55.3 Å². The van der Waals surface area contributed by atoms with E-state index in [1.54, 1.807) is 32.3 Å². The number of amides is 3. The van der Waals surface area contributed by atoms with Crippen molar-refractivity contribution in [2.75, 3.05) is 33.5 Å². The Bertz CT molecular complexity index is 1870. The maximum absolute atomic E-state index is 14.4. The van der Waals surface area contributed by atoms with Crippen LogP contribution in [0.2, 0.25) is 0 Å². The maximum atomic E-state index is 14.4. The first-order valence-electron chi connectivity index (χ1n) is 14.5. The second-order valence-corrected chi connectivity index (χ2v) is 11.0. The third-order valence-electron chi connectivity index (χ3n) is 6.93. The molecule has 2 heterocycles. The molecule has 3 amide bonds. The molecule has 0 aliphatic heterocycles. The van der Waals surface area contributed by atoms with Crippen LogP contribution in [0.3, 0.4) is 0 Å². The second kappa shape index (κ2) is 15.2. The third kappa shape index (κ3) is 9.02. The zero-order valence-corrected chi connectivity index (χ0v) is 26.2. The van der Waals surface area contributed by atoms with Crippen molar-refractivity contribution >= 4 is 34.5 Å². The summed E-state index contributed by atoms with van der Waals surface area (Å²) in [5.74, 6) is -3.03. The summed E-state index contributed by atoms with van der Waals surface area (Å²) >= 11 is 0. The number of anilines is 1. The largest absolute Gasteiger partial charge is 0.486 e. The Labute approximate surface area is 268 Å². The lowest BCUT2D eigenvalue weighted by molar-refractivity contribution is -0.125. The number of H-pyrrole nitrogens is 1. The molecule has 2 aromatic heterocycles. The molecular weight excluding hydrogens is 619 g/mol. The number of rotatable bonds is 12. The Morgan fingerprint density at radius 1 is 1.00 bits per heavy atom. The zero-order chi connectivity index (χ0) is 34.2. The number of hydrogen-bond donors (Lipinski definition) is 2. The summed E-state index contributed by atoms with van der Waals surface area (Å²) in [6.07, 6.45) is 2.67. The van der Waals surface area contributed by atoms with Crippen molar-refractivity contribution in [2.45, 2.75) is 32.1 Å². The van der Waals surface area contributed by atoms with Crippen LogP contribution in [0.4, 0.5) is 23.7 Å². The first-order valence-corrected chi connectivity index (χ1v) is 14.5. The molecule has 0 spiro atoms. The van der Waals surface area contributed by atoms with E-state index in [1.807, 2.05) is 0 Å². The van der Waals surface area contributed by atoms with Crippen molar-refractivity contribution in [1.82, 2.24) is 19.4 Å². The number of likely N-dealkylation sites (N-methyl/N-ethyl adjacent to an activating group) is 1. The fourth-order valence-electron chi connectivity index (χ4n) is 4.43. The number of fused-ring (bicyclic) bond motifs is 1. The molecule has 0 saturated carbocycles. The Kier molecular flexibility index (Phi) is 11.1. The van der Waals surface area contributed by atoms with Crippen LogP contribution < -0.4 is 15.6 Å². The van der Waals surface area contributed by atoms with Gasteiger partial charge in [-0.1, -0.05) is 6.08 Å². The number of carbonyl (C=O) groups excluding carboxylic acids is 3. The minimum absolute atomic E-state index is 0.00534. The summed E-state index contributed by atoms with van der Waals surface area (Å²) in [5.41, 5.74) is 0.326. The third-order valence-corrected chi connectivity index (χ3v) is 6.93. The van der Waals surface area contributed by atoms with Crippen LogP contribution in [0.5, 0.6) is 5.75 Å². The van der Waals surface area contributed by atoms with Crippen molar-refractivity contribution < 1.29 is 37.0 Å². The van der Waals surface area contributed by atoms with Gasteiger partial charge in [-0.25, -0.2) is 18.0 Å². The topological polar surface area (TPSA) is 126 Å². The molecule has 0 fully saturated rings. The van der Waals surface area contributed by atoms with E-state index in [-0.39, 0.29) is 48.9 Å². The Balaban J connectivity index is 1.50. The lowest BCUT2D eigenvalue weighted by Gasteiger charge is -2.19. The van der Waals surface area contributed by atoms with Crippen molar-refractivity contribution in [3.05, 3.63) is 106 Å². The van der Waals surface area contributed by atoms with Gasteiger partial charge in [0.2, 0.25) is 5.91 Å². The average molecular weight is 654 g/mol. The highest BCUT2D eigenvalue weighted by atomic mass is 19.1. The molecule has 14 heteroatoms. The van der Waals surface area contributed by atoms with Crippen LogP contribution in [0.1, 0.15) is 24.1 Å². The lowest BCUT2D eigenvalue weighted by Crippen LogP contribution is -2.37. The summed E-state index contributed by atoms with van der Waals surface area (Å²) in [4.78, 5) is 56.2. The van der Waals surface area contributed by atoms with Gasteiger partial charge in [-0.2, -0.15) is 0 Å². The fourth-order valence-corrected chi connectivity index (χ4v) is 4.43. The van der Waals surface area contributed by atoms with Gasteiger partial charge in [-0.15, -0.1) is 0 Å². The normalized spacial score (nSPS) is 11.8. The molecule has 0 radical (unpaired) electrons. The van der Waals surface area contributed by atoms with Crippen LogP contribution in [0, 0.1) is 17.5 Å². The molecule has 2 aromatic carbocycles.